The lowest BCUT2D eigenvalue weighted by Gasteiger charge is -2.27. The number of nitrogens with one attached hydrogen (secondary N) is 2. The van der Waals surface area contributed by atoms with E-state index in [2.05, 4.69) is 52.7 Å². The van der Waals surface area contributed by atoms with Crippen molar-refractivity contribution in [1.29, 1.82) is 0 Å². The summed E-state index contributed by atoms with van der Waals surface area (Å²) < 4.78 is 5.74. The van der Waals surface area contributed by atoms with E-state index in [-0.39, 0.29) is 0 Å². The smallest absolute Gasteiger partial charge is 0.0826 e. The van der Waals surface area contributed by atoms with Gasteiger partial charge in [-0.25, -0.2) is 0 Å². The molecular weight excluding hydrogens is 238 g/mol. The van der Waals surface area contributed by atoms with Crippen molar-refractivity contribution in [3.8, 4) is 0 Å². The van der Waals surface area contributed by atoms with Gasteiger partial charge in [0.05, 0.1) is 12.7 Å². The zero-order valence-electron chi connectivity index (χ0n) is 11.4. The number of benzene rings is 1. The van der Waals surface area contributed by atoms with E-state index in [4.69, 9.17) is 4.74 Å². The predicted octanol–water partition coefficient (Wildman–Crippen LogP) is 1.59. The molecule has 0 spiro atoms. The standard InChI is InChI=1S/C15H21N3O/c1-18(11-13-9-16-6-7-19-13)10-12-8-17-15-5-3-2-4-14(12)15/h2-5,8,13,16-17H,6-7,9-11H2,1H3. The molecule has 1 aliphatic rings. The van der Waals surface area contributed by atoms with Crippen molar-refractivity contribution < 1.29 is 4.74 Å². The molecule has 4 nitrogen and oxygen atoms in total. The maximum atomic E-state index is 5.74. The summed E-state index contributed by atoms with van der Waals surface area (Å²) in [7, 11) is 2.15. The van der Waals surface area contributed by atoms with E-state index in [1.54, 1.807) is 0 Å². The number of aromatic nitrogens is 1. The maximum Gasteiger partial charge on any atom is 0.0826 e. The van der Waals surface area contributed by atoms with Crippen LogP contribution in [0.3, 0.4) is 0 Å². The molecule has 1 aliphatic heterocycles. The summed E-state index contributed by atoms with van der Waals surface area (Å²) in [6.45, 7) is 4.67. The Kier molecular flexibility index (Phi) is 3.82. The summed E-state index contributed by atoms with van der Waals surface area (Å²) in [5.74, 6) is 0. The van der Waals surface area contributed by atoms with Crippen molar-refractivity contribution >= 4 is 10.9 Å². The molecule has 1 aromatic heterocycles. The van der Waals surface area contributed by atoms with Gasteiger partial charge in [0.2, 0.25) is 0 Å². The quantitative estimate of drug-likeness (QED) is 0.876. The summed E-state index contributed by atoms with van der Waals surface area (Å²) in [4.78, 5) is 5.65. The summed E-state index contributed by atoms with van der Waals surface area (Å²) in [5, 5.41) is 4.69. The number of hydrogen-bond acceptors (Lipinski definition) is 3. The minimum atomic E-state index is 0.309. The zero-order chi connectivity index (χ0) is 13.1. The van der Waals surface area contributed by atoms with Crippen LogP contribution in [0.1, 0.15) is 5.56 Å². The average Bonchev–Trinajstić information content (AvgIpc) is 2.83. The second-order valence-corrected chi connectivity index (χ2v) is 5.25. The van der Waals surface area contributed by atoms with Crippen molar-refractivity contribution in [3.05, 3.63) is 36.0 Å². The van der Waals surface area contributed by atoms with Gasteiger partial charge in [-0.3, -0.25) is 4.90 Å². The van der Waals surface area contributed by atoms with Crippen LogP contribution >= 0.6 is 0 Å². The van der Waals surface area contributed by atoms with Crippen molar-refractivity contribution in [3.63, 3.8) is 0 Å². The number of nitrogens with zero attached hydrogens (tertiary/aromatic N) is 1. The molecular formula is C15H21N3O. The Morgan fingerprint density at radius 3 is 3.11 bits per heavy atom. The molecule has 1 saturated heterocycles. The molecule has 102 valence electrons. The second kappa shape index (κ2) is 5.74. The SMILES string of the molecule is CN(Cc1c[nH]c2ccccc12)CC1CNCCO1. The Morgan fingerprint density at radius 1 is 1.37 bits per heavy atom. The average molecular weight is 259 g/mol. The first-order chi connectivity index (χ1) is 9.33. The van der Waals surface area contributed by atoms with E-state index in [0.29, 0.717) is 6.10 Å². The Bertz CT molecular complexity index is 531. The fourth-order valence-electron chi connectivity index (χ4n) is 2.70. The molecule has 2 aromatic rings. The number of fused-ring (bicyclic) bond motifs is 1. The predicted molar refractivity (Wildman–Crippen MR) is 77.2 cm³/mol. The Morgan fingerprint density at radius 2 is 2.26 bits per heavy atom. The Hall–Kier alpha value is -1.36. The van der Waals surface area contributed by atoms with Gasteiger partial charge >= 0.3 is 0 Å². The van der Waals surface area contributed by atoms with Crippen molar-refractivity contribution in [2.75, 3.05) is 33.3 Å². The Labute approximate surface area is 113 Å². The van der Waals surface area contributed by atoms with Crippen molar-refractivity contribution in [2.24, 2.45) is 0 Å². The molecule has 0 saturated carbocycles. The number of aromatic amines is 1. The molecule has 0 aliphatic carbocycles. The van der Waals surface area contributed by atoms with Crippen LogP contribution in [-0.2, 0) is 11.3 Å². The lowest BCUT2D eigenvalue weighted by molar-refractivity contribution is 0.00890. The molecule has 1 fully saturated rings. The number of H-pyrrole nitrogens is 1. The van der Waals surface area contributed by atoms with Crippen LogP contribution in [0, 0.1) is 0 Å². The van der Waals surface area contributed by atoms with Crippen LogP contribution in [0.25, 0.3) is 10.9 Å². The van der Waals surface area contributed by atoms with E-state index >= 15 is 0 Å². The monoisotopic (exact) mass is 259 g/mol. The van der Waals surface area contributed by atoms with Crippen LogP contribution in [0.15, 0.2) is 30.5 Å². The maximum absolute atomic E-state index is 5.74. The molecule has 1 atom stereocenters. The first-order valence-corrected chi connectivity index (χ1v) is 6.89. The number of rotatable bonds is 4. The molecule has 3 rings (SSSR count). The fourth-order valence-corrected chi connectivity index (χ4v) is 2.70. The van der Waals surface area contributed by atoms with Crippen molar-refractivity contribution in [1.82, 2.24) is 15.2 Å². The van der Waals surface area contributed by atoms with Gasteiger partial charge in [0.25, 0.3) is 0 Å². The second-order valence-electron chi connectivity index (χ2n) is 5.25. The molecule has 19 heavy (non-hydrogen) atoms. The highest BCUT2D eigenvalue weighted by Gasteiger charge is 2.16. The van der Waals surface area contributed by atoms with E-state index in [0.717, 1.165) is 32.8 Å². The number of ether oxygens (including phenoxy) is 1. The number of hydrogen-bond donors (Lipinski definition) is 2. The van der Waals surface area contributed by atoms with Crippen LogP contribution < -0.4 is 5.32 Å². The fraction of sp³-hybridized carbons (Fsp3) is 0.467. The number of para-hydroxylation sites is 1. The van der Waals surface area contributed by atoms with Gasteiger partial charge in [0, 0.05) is 43.3 Å². The molecule has 2 heterocycles. The zero-order valence-corrected chi connectivity index (χ0v) is 11.4. The van der Waals surface area contributed by atoms with Crippen LogP contribution in [-0.4, -0.2) is 49.3 Å². The van der Waals surface area contributed by atoms with Crippen LogP contribution in [0.4, 0.5) is 0 Å². The first kappa shape index (κ1) is 12.7. The van der Waals surface area contributed by atoms with Crippen LogP contribution in [0.2, 0.25) is 0 Å². The van der Waals surface area contributed by atoms with E-state index < -0.39 is 0 Å². The van der Waals surface area contributed by atoms with Gasteiger partial charge < -0.3 is 15.0 Å². The summed E-state index contributed by atoms with van der Waals surface area (Å²) in [6.07, 6.45) is 2.42. The summed E-state index contributed by atoms with van der Waals surface area (Å²) in [5.41, 5.74) is 2.56. The molecule has 2 N–H and O–H groups in total. The van der Waals surface area contributed by atoms with Gasteiger partial charge in [-0.05, 0) is 18.7 Å². The van der Waals surface area contributed by atoms with Gasteiger partial charge in [-0.1, -0.05) is 18.2 Å². The normalized spacial score (nSPS) is 20.2. The van der Waals surface area contributed by atoms with Gasteiger partial charge in [-0.2, -0.15) is 0 Å². The minimum absolute atomic E-state index is 0.309. The van der Waals surface area contributed by atoms with Gasteiger partial charge in [0.15, 0.2) is 0 Å². The summed E-state index contributed by atoms with van der Waals surface area (Å²) in [6, 6.07) is 8.45. The molecule has 1 unspecified atom stereocenters. The Balaban J connectivity index is 1.63. The third kappa shape index (κ3) is 2.97. The van der Waals surface area contributed by atoms with Crippen LogP contribution in [0.5, 0.6) is 0 Å². The number of morpholine rings is 1. The molecule has 0 amide bonds. The molecule has 0 bridgehead atoms. The molecule has 1 aromatic carbocycles. The minimum Gasteiger partial charge on any atom is -0.374 e. The summed E-state index contributed by atoms with van der Waals surface area (Å²) >= 11 is 0. The lowest BCUT2D eigenvalue weighted by Crippen LogP contribution is -2.44. The van der Waals surface area contributed by atoms with Gasteiger partial charge in [0.1, 0.15) is 0 Å². The largest absolute Gasteiger partial charge is 0.374 e. The third-order valence-corrected chi connectivity index (χ3v) is 3.63. The molecule has 4 heteroatoms. The molecule has 0 radical (unpaired) electrons. The first-order valence-electron chi connectivity index (χ1n) is 6.89. The highest BCUT2D eigenvalue weighted by molar-refractivity contribution is 5.82. The lowest BCUT2D eigenvalue weighted by atomic mass is 10.1. The van der Waals surface area contributed by atoms with E-state index in [9.17, 15) is 0 Å². The van der Waals surface area contributed by atoms with Crippen molar-refractivity contribution in [2.45, 2.75) is 12.6 Å². The number of likely N-dealkylation sites (N-methyl/N-ethyl adjacent to an activating group) is 1. The highest BCUT2D eigenvalue weighted by atomic mass is 16.5. The van der Waals surface area contributed by atoms with Gasteiger partial charge in [-0.15, -0.1) is 0 Å². The van der Waals surface area contributed by atoms with E-state index in [1.807, 2.05) is 0 Å². The van der Waals surface area contributed by atoms with E-state index in [1.165, 1.54) is 16.5 Å². The third-order valence-electron chi connectivity index (χ3n) is 3.63. The highest BCUT2D eigenvalue weighted by Crippen LogP contribution is 2.19. The topological polar surface area (TPSA) is 40.3 Å².